The minimum atomic E-state index is -2.39. The third kappa shape index (κ3) is 5.19. The van der Waals surface area contributed by atoms with Gasteiger partial charge < -0.3 is 14.4 Å². The molecule has 8 nitrogen and oxygen atoms in total. The van der Waals surface area contributed by atoms with Gasteiger partial charge in [0.2, 0.25) is 5.43 Å². The van der Waals surface area contributed by atoms with Gasteiger partial charge in [0.05, 0.1) is 12.2 Å². The lowest BCUT2D eigenvalue weighted by molar-refractivity contribution is 0.0678. The van der Waals surface area contributed by atoms with Crippen LogP contribution in [0.1, 0.15) is 27.3 Å². The molecule has 0 saturated heterocycles. The van der Waals surface area contributed by atoms with Crippen LogP contribution in [0.25, 0.3) is 0 Å². The molecule has 1 aromatic heterocycles. The van der Waals surface area contributed by atoms with E-state index in [4.69, 9.17) is 4.74 Å². The summed E-state index contributed by atoms with van der Waals surface area (Å²) >= 11 is -2.39. The van der Waals surface area contributed by atoms with Gasteiger partial charge in [-0.2, -0.15) is 0 Å². The van der Waals surface area contributed by atoms with E-state index in [1.807, 2.05) is 31.2 Å². The van der Waals surface area contributed by atoms with E-state index in [1.165, 1.54) is 17.7 Å². The summed E-state index contributed by atoms with van der Waals surface area (Å²) in [5.74, 6) is -1.62. The van der Waals surface area contributed by atoms with Gasteiger partial charge in [0.15, 0.2) is 11.4 Å². The molecule has 0 saturated carbocycles. The first-order chi connectivity index (χ1) is 14.8. The van der Waals surface area contributed by atoms with Crippen LogP contribution in [0, 0.1) is 6.92 Å². The van der Waals surface area contributed by atoms with Crippen molar-refractivity contribution in [3.63, 3.8) is 0 Å². The summed E-state index contributed by atoms with van der Waals surface area (Å²) in [5, 5.41) is 9.73. The highest BCUT2D eigenvalue weighted by Gasteiger charge is 2.23. The summed E-state index contributed by atoms with van der Waals surface area (Å²) in [6.07, 6.45) is 0. The summed E-state index contributed by atoms with van der Waals surface area (Å²) in [6, 6.07) is 17.3. The highest BCUT2D eigenvalue weighted by Crippen LogP contribution is 2.22. The first-order valence-electron chi connectivity index (χ1n) is 9.36. The van der Waals surface area contributed by atoms with Crippen molar-refractivity contribution >= 4 is 22.9 Å². The van der Waals surface area contributed by atoms with Crippen molar-refractivity contribution < 1.29 is 23.4 Å². The topological polar surface area (TPSA) is 109 Å². The van der Waals surface area contributed by atoms with Crippen LogP contribution in [0.5, 0.6) is 5.75 Å². The average Bonchev–Trinajstić information content (AvgIpc) is 2.73. The zero-order valence-electron chi connectivity index (χ0n) is 17.0. The fraction of sp³-hybridized carbons (Fsp3) is 0.182. The largest absolute Gasteiger partial charge is 0.482 e. The standard InChI is InChI=1S/C22H22N2O6S/c1-15-7-6-10-17(11-15)24(31(28)29)13-18-12-19(25)21(20(22(26)27)23(18)2)30-14-16-8-4-3-5-9-16/h3-12H,13-14H2,1-2H3,(H,26,27)(H,28,29). The van der Waals surface area contributed by atoms with Gasteiger partial charge in [-0.15, -0.1) is 0 Å². The molecule has 2 N–H and O–H groups in total. The maximum absolute atomic E-state index is 12.7. The first kappa shape index (κ1) is 22.3. The Hall–Kier alpha value is -3.43. The van der Waals surface area contributed by atoms with Crippen molar-refractivity contribution in [2.45, 2.75) is 20.1 Å². The van der Waals surface area contributed by atoms with Crippen LogP contribution < -0.4 is 14.5 Å². The molecular formula is C22H22N2O6S. The normalized spacial score (nSPS) is 11.7. The number of aromatic nitrogens is 1. The predicted molar refractivity (Wildman–Crippen MR) is 118 cm³/mol. The lowest BCUT2D eigenvalue weighted by atomic mass is 10.2. The Bertz CT molecular complexity index is 1180. The molecule has 2 aromatic carbocycles. The molecule has 0 aliphatic rings. The molecule has 162 valence electrons. The minimum Gasteiger partial charge on any atom is -0.482 e. The number of aryl methyl sites for hydroxylation is 1. The summed E-state index contributed by atoms with van der Waals surface area (Å²) in [5.41, 5.74) is 1.44. The lowest BCUT2D eigenvalue weighted by Crippen LogP contribution is -2.29. The first-order valence-corrected chi connectivity index (χ1v) is 10.4. The Balaban J connectivity index is 1.99. The maximum Gasteiger partial charge on any atom is 0.356 e. The second-order valence-electron chi connectivity index (χ2n) is 6.92. The zero-order chi connectivity index (χ0) is 22.5. The van der Waals surface area contributed by atoms with Crippen LogP contribution in [0.15, 0.2) is 65.5 Å². The van der Waals surface area contributed by atoms with E-state index in [2.05, 4.69) is 0 Å². The number of ether oxygens (including phenoxy) is 1. The average molecular weight is 442 g/mol. The van der Waals surface area contributed by atoms with Crippen molar-refractivity contribution in [3.05, 3.63) is 93.4 Å². The highest BCUT2D eigenvalue weighted by atomic mass is 32.2. The molecule has 0 spiro atoms. The quantitative estimate of drug-likeness (QED) is 0.519. The van der Waals surface area contributed by atoms with Crippen LogP contribution in [0.4, 0.5) is 5.69 Å². The van der Waals surface area contributed by atoms with E-state index in [9.17, 15) is 23.5 Å². The van der Waals surface area contributed by atoms with Crippen LogP contribution >= 0.6 is 0 Å². The molecule has 31 heavy (non-hydrogen) atoms. The summed E-state index contributed by atoms with van der Waals surface area (Å²) < 4.78 is 29.8. The van der Waals surface area contributed by atoms with Gasteiger partial charge >= 0.3 is 5.97 Å². The Labute approximate surface area is 181 Å². The minimum absolute atomic E-state index is 0.0335. The number of nitrogens with zero attached hydrogens (tertiary/aromatic N) is 2. The zero-order valence-corrected chi connectivity index (χ0v) is 17.8. The number of carboxylic acids is 1. The molecule has 3 aromatic rings. The van der Waals surface area contributed by atoms with Crippen molar-refractivity contribution in [2.24, 2.45) is 7.05 Å². The molecule has 0 fully saturated rings. The monoisotopic (exact) mass is 442 g/mol. The number of carbonyl (C=O) groups is 1. The van der Waals surface area contributed by atoms with Crippen molar-refractivity contribution in [1.29, 1.82) is 0 Å². The molecular weight excluding hydrogens is 420 g/mol. The maximum atomic E-state index is 12.7. The van der Waals surface area contributed by atoms with Gasteiger partial charge in [0.25, 0.3) is 11.3 Å². The fourth-order valence-electron chi connectivity index (χ4n) is 3.15. The number of carboxylic acid groups (broad SMARTS) is 1. The molecule has 0 radical (unpaired) electrons. The smallest absolute Gasteiger partial charge is 0.356 e. The van der Waals surface area contributed by atoms with E-state index in [1.54, 1.807) is 30.3 Å². The van der Waals surface area contributed by atoms with Gasteiger partial charge in [-0.25, -0.2) is 9.00 Å². The molecule has 1 atom stereocenters. The summed E-state index contributed by atoms with van der Waals surface area (Å²) in [4.78, 5) is 24.7. The predicted octanol–water partition coefficient (Wildman–Crippen LogP) is 3.11. The van der Waals surface area contributed by atoms with Crippen LogP contribution in [-0.2, 0) is 31.5 Å². The Kier molecular flexibility index (Phi) is 6.88. The SMILES string of the molecule is Cc1cccc(N(Cc2cc(=O)c(OCc3ccccc3)c(C(=O)O)n2C)S(=O)O)c1. The number of hydrogen-bond acceptors (Lipinski definition) is 4. The number of aromatic carboxylic acids is 1. The molecule has 0 bridgehead atoms. The Morgan fingerprint density at radius 3 is 2.45 bits per heavy atom. The molecule has 0 aliphatic heterocycles. The lowest BCUT2D eigenvalue weighted by Gasteiger charge is -2.23. The van der Waals surface area contributed by atoms with Crippen molar-refractivity contribution in [3.8, 4) is 5.75 Å². The molecule has 9 heteroatoms. The van der Waals surface area contributed by atoms with E-state index >= 15 is 0 Å². The van der Waals surface area contributed by atoms with Crippen LogP contribution in [-0.4, -0.2) is 24.4 Å². The third-order valence-electron chi connectivity index (χ3n) is 4.72. The summed E-state index contributed by atoms with van der Waals surface area (Å²) in [6.45, 7) is 1.72. The molecule has 3 rings (SSSR count). The van der Waals surface area contributed by atoms with Gasteiger partial charge in [-0.3, -0.25) is 13.7 Å². The van der Waals surface area contributed by atoms with Crippen LogP contribution in [0.2, 0.25) is 0 Å². The molecule has 1 unspecified atom stereocenters. The van der Waals surface area contributed by atoms with Crippen LogP contribution in [0.3, 0.4) is 0 Å². The van der Waals surface area contributed by atoms with Crippen molar-refractivity contribution in [2.75, 3.05) is 4.31 Å². The second-order valence-corrected chi connectivity index (χ2v) is 7.82. The second kappa shape index (κ2) is 9.59. The summed E-state index contributed by atoms with van der Waals surface area (Å²) in [7, 11) is 1.47. The van der Waals surface area contributed by atoms with E-state index < -0.39 is 22.7 Å². The van der Waals surface area contributed by atoms with Gasteiger partial charge in [-0.05, 0) is 30.2 Å². The van der Waals surface area contributed by atoms with Gasteiger partial charge in [-0.1, -0.05) is 42.5 Å². The Morgan fingerprint density at radius 2 is 1.84 bits per heavy atom. The van der Waals surface area contributed by atoms with Gasteiger partial charge in [0.1, 0.15) is 6.61 Å². The Morgan fingerprint density at radius 1 is 1.13 bits per heavy atom. The number of hydrogen-bond donors (Lipinski definition) is 2. The van der Waals surface area contributed by atoms with Gasteiger partial charge in [0, 0.05) is 18.8 Å². The number of benzene rings is 2. The highest BCUT2D eigenvalue weighted by molar-refractivity contribution is 7.80. The fourth-order valence-corrected chi connectivity index (χ4v) is 3.69. The molecule has 0 aliphatic carbocycles. The number of rotatable bonds is 8. The van der Waals surface area contributed by atoms with Crippen molar-refractivity contribution in [1.82, 2.24) is 4.57 Å². The molecule has 0 amide bonds. The number of anilines is 1. The third-order valence-corrected chi connectivity index (χ3v) is 5.43. The number of pyridine rings is 1. The van der Waals surface area contributed by atoms with E-state index in [0.717, 1.165) is 15.4 Å². The molecule has 1 heterocycles. The van der Waals surface area contributed by atoms with E-state index in [-0.39, 0.29) is 30.3 Å². The van der Waals surface area contributed by atoms with E-state index in [0.29, 0.717) is 5.69 Å².